The molecule has 0 spiro atoms. The van der Waals surface area contributed by atoms with Gasteiger partial charge in [0.1, 0.15) is 0 Å². The average molecular weight is 198 g/mol. The second-order valence-corrected chi connectivity index (χ2v) is 5.50. The fourth-order valence-electron chi connectivity index (χ4n) is 3.00. The van der Waals surface area contributed by atoms with Gasteiger partial charge in [0.15, 0.2) is 0 Å². The topological polar surface area (TPSA) is 20.2 Å². The van der Waals surface area contributed by atoms with Gasteiger partial charge in [-0.05, 0) is 50.9 Å². The minimum atomic E-state index is -0.370. The first-order chi connectivity index (χ1) is 6.54. The van der Waals surface area contributed by atoms with Crippen LogP contribution in [0.3, 0.4) is 0 Å². The normalized spacial score (nSPS) is 24.9. The minimum Gasteiger partial charge on any atom is -0.390 e. The van der Waals surface area contributed by atoms with Crippen LogP contribution in [0.25, 0.3) is 0 Å². The van der Waals surface area contributed by atoms with Crippen LogP contribution >= 0.6 is 0 Å². The third-order valence-electron chi connectivity index (χ3n) is 3.95. The number of hydrogen-bond donors (Lipinski definition) is 1. The van der Waals surface area contributed by atoms with E-state index in [0.717, 1.165) is 12.8 Å². The van der Waals surface area contributed by atoms with Crippen LogP contribution < -0.4 is 0 Å². The molecule has 1 fully saturated rings. The van der Waals surface area contributed by atoms with Crippen molar-refractivity contribution in [3.8, 4) is 0 Å². The smallest absolute Gasteiger partial charge is 0.0620 e. The lowest BCUT2D eigenvalue weighted by molar-refractivity contribution is -0.0252. The van der Waals surface area contributed by atoms with Gasteiger partial charge < -0.3 is 5.11 Å². The van der Waals surface area contributed by atoms with E-state index in [0.29, 0.717) is 5.41 Å². The molecule has 0 radical (unpaired) electrons. The summed E-state index contributed by atoms with van der Waals surface area (Å²) in [5, 5.41) is 9.94. The van der Waals surface area contributed by atoms with Crippen LogP contribution in [0, 0.1) is 5.41 Å². The molecule has 0 aromatic heterocycles. The molecule has 1 aliphatic rings. The highest BCUT2D eigenvalue weighted by Crippen LogP contribution is 2.46. The van der Waals surface area contributed by atoms with Gasteiger partial charge in [0.05, 0.1) is 5.60 Å². The molecule has 0 unspecified atom stereocenters. The molecule has 0 amide bonds. The molecule has 0 aromatic carbocycles. The standard InChI is InChI=1S/C13H26O/c1-4-6-13(7-5-2)10-8-12(3,14)9-11-13/h14H,4-11H2,1-3H3. The Morgan fingerprint density at radius 2 is 1.36 bits per heavy atom. The summed E-state index contributed by atoms with van der Waals surface area (Å²) in [6.07, 6.45) is 9.79. The lowest BCUT2D eigenvalue weighted by Crippen LogP contribution is -2.36. The predicted molar refractivity (Wildman–Crippen MR) is 61.3 cm³/mol. The van der Waals surface area contributed by atoms with Crippen LogP contribution in [0.4, 0.5) is 0 Å². The Balaban J connectivity index is 2.54. The van der Waals surface area contributed by atoms with Gasteiger partial charge in [-0.3, -0.25) is 0 Å². The maximum Gasteiger partial charge on any atom is 0.0620 e. The second-order valence-electron chi connectivity index (χ2n) is 5.50. The molecule has 84 valence electrons. The van der Waals surface area contributed by atoms with E-state index in [9.17, 15) is 5.11 Å². The summed E-state index contributed by atoms with van der Waals surface area (Å²) >= 11 is 0. The fraction of sp³-hybridized carbons (Fsp3) is 1.00. The Morgan fingerprint density at radius 3 is 1.71 bits per heavy atom. The van der Waals surface area contributed by atoms with Crippen LogP contribution in [-0.4, -0.2) is 10.7 Å². The lowest BCUT2D eigenvalue weighted by atomic mass is 9.65. The molecule has 0 heterocycles. The summed E-state index contributed by atoms with van der Waals surface area (Å²) in [6, 6.07) is 0. The highest BCUT2D eigenvalue weighted by atomic mass is 16.3. The van der Waals surface area contributed by atoms with E-state index < -0.39 is 0 Å². The van der Waals surface area contributed by atoms with Gasteiger partial charge in [-0.25, -0.2) is 0 Å². The second kappa shape index (κ2) is 4.65. The zero-order valence-electron chi connectivity index (χ0n) is 10.1. The maximum absolute atomic E-state index is 9.94. The predicted octanol–water partition coefficient (Wildman–Crippen LogP) is 3.90. The van der Waals surface area contributed by atoms with E-state index in [1.807, 2.05) is 6.92 Å². The van der Waals surface area contributed by atoms with Crippen LogP contribution in [-0.2, 0) is 0 Å². The van der Waals surface area contributed by atoms with Gasteiger partial charge in [0.25, 0.3) is 0 Å². The van der Waals surface area contributed by atoms with Crippen molar-refractivity contribution < 1.29 is 5.11 Å². The highest BCUT2D eigenvalue weighted by Gasteiger charge is 2.37. The number of rotatable bonds is 4. The van der Waals surface area contributed by atoms with Crippen molar-refractivity contribution in [2.75, 3.05) is 0 Å². The largest absolute Gasteiger partial charge is 0.390 e. The summed E-state index contributed by atoms with van der Waals surface area (Å²) in [7, 11) is 0. The molecular formula is C13H26O. The third kappa shape index (κ3) is 2.98. The van der Waals surface area contributed by atoms with Gasteiger partial charge in [0.2, 0.25) is 0 Å². The quantitative estimate of drug-likeness (QED) is 0.726. The number of aliphatic hydroxyl groups is 1. The van der Waals surface area contributed by atoms with Crippen molar-refractivity contribution in [3.63, 3.8) is 0 Å². The van der Waals surface area contributed by atoms with Crippen LogP contribution in [0.1, 0.15) is 72.1 Å². The Bertz CT molecular complexity index is 154. The van der Waals surface area contributed by atoms with Crippen molar-refractivity contribution in [1.82, 2.24) is 0 Å². The molecule has 1 nitrogen and oxygen atoms in total. The molecule has 1 saturated carbocycles. The average Bonchev–Trinajstić information content (AvgIpc) is 2.12. The first kappa shape index (κ1) is 12.0. The lowest BCUT2D eigenvalue weighted by Gasteiger charge is -2.43. The van der Waals surface area contributed by atoms with Crippen LogP contribution in [0.15, 0.2) is 0 Å². The number of hydrogen-bond acceptors (Lipinski definition) is 1. The molecule has 0 bridgehead atoms. The summed E-state index contributed by atoms with van der Waals surface area (Å²) in [5.74, 6) is 0. The molecule has 1 heteroatoms. The van der Waals surface area contributed by atoms with E-state index in [4.69, 9.17) is 0 Å². The zero-order valence-corrected chi connectivity index (χ0v) is 10.1. The van der Waals surface area contributed by atoms with E-state index in [2.05, 4.69) is 13.8 Å². The first-order valence-corrected chi connectivity index (χ1v) is 6.26. The molecule has 0 aromatic rings. The Labute approximate surface area is 88.9 Å². The van der Waals surface area contributed by atoms with Crippen molar-refractivity contribution in [2.45, 2.75) is 77.7 Å². The van der Waals surface area contributed by atoms with Gasteiger partial charge in [0, 0.05) is 0 Å². The monoisotopic (exact) mass is 198 g/mol. The Morgan fingerprint density at radius 1 is 0.929 bits per heavy atom. The van der Waals surface area contributed by atoms with Crippen LogP contribution in [0.5, 0.6) is 0 Å². The first-order valence-electron chi connectivity index (χ1n) is 6.26. The van der Waals surface area contributed by atoms with Crippen molar-refractivity contribution in [2.24, 2.45) is 5.41 Å². The summed E-state index contributed by atoms with van der Waals surface area (Å²) in [6.45, 7) is 6.56. The summed E-state index contributed by atoms with van der Waals surface area (Å²) in [4.78, 5) is 0. The van der Waals surface area contributed by atoms with E-state index >= 15 is 0 Å². The fourth-order valence-corrected chi connectivity index (χ4v) is 3.00. The molecule has 0 aliphatic heterocycles. The molecule has 0 atom stereocenters. The van der Waals surface area contributed by atoms with Crippen molar-refractivity contribution >= 4 is 0 Å². The summed E-state index contributed by atoms with van der Waals surface area (Å²) < 4.78 is 0. The van der Waals surface area contributed by atoms with Crippen molar-refractivity contribution in [1.29, 1.82) is 0 Å². The van der Waals surface area contributed by atoms with Crippen molar-refractivity contribution in [3.05, 3.63) is 0 Å². The van der Waals surface area contributed by atoms with E-state index in [1.165, 1.54) is 38.5 Å². The molecule has 1 N–H and O–H groups in total. The highest BCUT2D eigenvalue weighted by molar-refractivity contribution is 4.90. The van der Waals surface area contributed by atoms with E-state index in [1.54, 1.807) is 0 Å². The Kier molecular flexibility index (Phi) is 4.00. The maximum atomic E-state index is 9.94. The molecule has 0 saturated heterocycles. The molecule has 1 aliphatic carbocycles. The molecule has 1 rings (SSSR count). The van der Waals surface area contributed by atoms with Crippen LogP contribution in [0.2, 0.25) is 0 Å². The minimum absolute atomic E-state index is 0.370. The van der Waals surface area contributed by atoms with Gasteiger partial charge in [-0.1, -0.05) is 26.7 Å². The van der Waals surface area contributed by atoms with Gasteiger partial charge in [-0.15, -0.1) is 0 Å². The Hall–Kier alpha value is -0.0400. The third-order valence-corrected chi connectivity index (χ3v) is 3.95. The zero-order chi connectivity index (χ0) is 10.7. The van der Waals surface area contributed by atoms with E-state index in [-0.39, 0.29) is 5.60 Å². The SMILES string of the molecule is CCCC1(CCC)CCC(C)(O)CC1. The molecule has 14 heavy (non-hydrogen) atoms. The summed E-state index contributed by atoms with van der Waals surface area (Å²) in [5.41, 5.74) is 0.205. The van der Waals surface area contributed by atoms with Gasteiger partial charge >= 0.3 is 0 Å². The molecular weight excluding hydrogens is 172 g/mol. The van der Waals surface area contributed by atoms with Gasteiger partial charge in [-0.2, -0.15) is 0 Å².